The summed E-state index contributed by atoms with van der Waals surface area (Å²) in [4.78, 5) is 24.8. The van der Waals surface area contributed by atoms with Crippen molar-refractivity contribution >= 4 is 35.1 Å². The molecule has 5 rings (SSSR count). The summed E-state index contributed by atoms with van der Waals surface area (Å²) in [5, 5.41) is 0.698. The van der Waals surface area contributed by atoms with Crippen molar-refractivity contribution in [1.82, 2.24) is 0 Å². The zero-order valence-electron chi connectivity index (χ0n) is 14.5. The summed E-state index contributed by atoms with van der Waals surface area (Å²) in [5.41, 5.74) is -0.0263. The highest BCUT2D eigenvalue weighted by atomic mass is 35.5. The topological polar surface area (TPSA) is 52.6 Å². The molecule has 4 fully saturated rings. The van der Waals surface area contributed by atoms with Gasteiger partial charge in [0.05, 0.1) is 16.0 Å². The van der Waals surface area contributed by atoms with Crippen LogP contribution in [0.4, 0.5) is 0 Å². The average Bonchev–Trinajstić information content (AvgIpc) is 2.57. The summed E-state index contributed by atoms with van der Waals surface area (Å²) >= 11 is 11.8. The summed E-state index contributed by atoms with van der Waals surface area (Å²) in [6.07, 6.45) is 6.76. The van der Waals surface area contributed by atoms with Gasteiger partial charge in [0.15, 0.2) is 0 Å². The second-order valence-electron chi connectivity index (χ2n) is 8.09. The fourth-order valence-electron chi connectivity index (χ4n) is 5.52. The minimum absolute atomic E-state index is 0.0237. The highest BCUT2D eigenvalue weighted by Gasteiger charge is 2.55. The molecule has 0 unspecified atom stereocenters. The van der Waals surface area contributed by atoms with Gasteiger partial charge in [-0.2, -0.15) is 0 Å². The van der Waals surface area contributed by atoms with Crippen molar-refractivity contribution in [3.63, 3.8) is 0 Å². The van der Waals surface area contributed by atoms with E-state index in [1.165, 1.54) is 31.4 Å². The molecule has 0 spiro atoms. The number of carbonyl (C=O) groups is 2. The molecule has 0 atom stereocenters. The van der Waals surface area contributed by atoms with E-state index in [4.69, 9.17) is 32.7 Å². The van der Waals surface area contributed by atoms with Gasteiger partial charge in [-0.15, -0.1) is 0 Å². The quantitative estimate of drug-likeness (QED) is 0.523. The van der Waals surface area contributed by atoms with Gasteiger partial charge in [-0.3, -0.25) is 4.79 Å². The third-order valence-corrected chi connectivity index (χ3v) is 6.72. The lowest BCUT2D eigenvalue weighted by Crippen LogP contribution is -2.50. The van der Waals surface area contributed by atoms with E-state index in [-0.39, 0.29) is 35.2 Å². The van der Waals surface area contributed by atoms with Gasteiger partial charge >= 0.3 is 11.9 Å². The standard InChI is InChI=1S/C20H22Cl2O4/c21-15-1-2-16(17(22)8-15)18(23)25-3-4-26-19(24)20-9-12-5-13(10-20)7-14(6-12)11-20/h1-2,8,12-14H,3-7,9-11H2. The lowest BCUT2D eigenvalue weighted by atomic mass is 9.49. The maximum absolute atomic E-state index is 12.7. The molecule has 4 nitrogen and oxygen atoms in total. The molecule has 4 saturated carbocycles. The fraction of sp³-hybridized carbons (Fsp3) is 0.600. The van der Waals surface area contributed by atoms with Gasteiger partial charge < -0.3 is 9.47 Å². The first-order valence-electron chi connectivity index (χ1n) is 9.24. The van der Waals surface area contributed by atoms with Crippen LogP contribution in [0.2, 0.25) is 10.0 Å². The van der Waals surface area contributed by atoms with Crippen molar-refractivity contribution in [3.05, 3.63) is 33.8 Å². The third kappa shape index (κ3) is 3.46. The van der Waals surface area contributed by atoms with Crippen LogP contribution in [0.3, 0.4) is 0 Å². The van der Waals surface area contributed by atoms with Crippen LogP contribution in [0, 0.1) is 23.2 Å². The number of hydrogen-bond donors (Lipinski definition) is 0. The Morgan fingerprint density at radius 3 is 2.12 bits per heavy atom. The first-order chi connectivity index (χ1) is 12.4. The number of benzene rings is 1. The SMILES string of the molecule is O=C(OCCOC(=O)C12CC3CC(CC(C3)C1)C2)c1ccc(Cl)cc1Cl. The number of carbonyl (C=O) groups excluding carboxylic acids is 2. The third-order valence-electron chi connectivity index (χ3n) is 6.17. The van der Waals surface area contributed by atoms with Gasteiger partial charge in [0.25, 0.3) is 0 Å². The largest absolute Gasteiger partial charge is 0.462 e. The second kappa shape index (κ2) is 7.05. The van der Waals surface area contributed by atoms with Gasteiger partial charge in [-0.25, -0.2) is 4.79 Å². The monoisotopic (exact) mass is 396 g/mol. The van der Waals surface area contributed by atoms with Crippen LogP contribution in [-0.4, -0.2) is 25.2 Å². The molecular formula is C20H22Cl2O4. The molecule has 1 aromatic rings. The molecule has 0 amide bonds. The van der Waals surface area contributed by atoms with Crippen molar-refractivity contribution in [1.29, 1.82) is 0 Å². The maximum atomic E-state index is 12.7. The van der Waals surface area contributed by atoms with E-state index in [9.17, 15) is 9.59 Å². The molecule has 0 N–H and O–H groups in total. The van der Waals surface area contributed by atoms with E-state index in [0.717, 1.165) is 19.3 Å². The molecular weight excluding hydrogens is 375 g/mol. The summed E-state index contributed by atoms with van der Waals surface area (Å²) in [7, 11) is 0. The summed E-state index contributed by atoms with van der Waals surface area (Å²) < 4.78 is 10.7. The van der Waals surface area contributed by atoms with Gasteiger partial charge in [0.1, 0.15) is 13.2 Å². The number of ether oxygens (including phenoxy) is 2. The fourth-order valence-corrected chi connectivity index (χ4v) is 6.00. The average molecular weight is 397 g/mol. The lowest BCUT2D eigenvalue weighted by molar-refractivity contribution is -0.172. The van der Waals surface area contributed by atoms with Gasteiger partial charge in [-0.1, -0.05) is 23.2 Å². The molecule has 4 aliphatic rings. The molecule has 0 aromatic heterocycles. The Morgan fingerprint density at radius 1 is 0.962 bits per heavy atom. The Kier molecular flexibility index (Phi) is 4.91. The van der Waals surface area contributed by atoms with Crippen LogP contribution >= 0.6 is 23.2 Å². The van der Waals surface area contributed by atoms with Crippen molar-refractivity contribution < 1.29 is 19.1 Å². The molecule has 0 heterocycles. The number of esters is 2. The molecule has 1 aromatic carbocycles. The molecule has 0 radical (unpaired) electrons. The molecule has 26 heavy (non-hydrogen) atoms. The summed E-state index contributed by atoms with van der Waals surface area (Å²) in [5.74, 6) is 1.44. The Bertz CT molecular complexity index is 695. The van der Waals surface area contributed by atoms with Gasteiger partial charge in [0.2, 0.25) is 0 Å². The number of halogens is 2. The Balaban J connectivity index is 1.27. The smallest absolute Gasteiger partial charge is 0.339 e. The first kappa shape index (κ1) is 18.1. The zero-order chi connectivity index (χ0) is 18.3. The Hall–Kier alpha value is -1.26. The van der Waals surface area contributed by atoms with Crippen LogP contribution in [0.1, 0.15) is 48.9 Å². The van der Waals surface area contributed by atoms with E-state index in [0.29, 0.717) is 22.8 Å². The van der Waals surface area contributed by atoms with Crippen molar-refractivity contribution in [2.75, 3.05) is 13.2 Å². The van der Waals surface area contributed by atoms with Crippen LogP contribution < -0.4 is 0 Å². The molecule has 0 saturated heterocycles. The first-order valence-corrected chi connectivity index (χ1v) is 10.0. The summed E-state index contributed by atoms with van der Waals surface area (Å²) in [6, 6.07) is 4.60. The van der Waals surface area contributed by atoms with Crippen molar-refractivity contribution in [2.45, 2.75) is 38.5 Å². The van der Waals surface area contributed by atoms with E-state index in [1.807, 2.05) is 0 Å². The van der Waals surface area contributed by atoms with E-state index < -0.39 is 5.97 Å². The highest BCUT2D eigenvalue weighted by Crippen LogP contribution is 2.60. The van der Waals surface area contributed by atoms with Crippen molar-refractivity contribution in [2.24, 2.45) is 23.2 Å². The van der Waals surface area contributed by atoms with E-state index >= 15 is 0 Å². The van der Waals surface area contributed by atoms with E-state index in [1.54, 1.807) is 6.07 Å². The minimum atomic E-state index is -0.544. The predicted octanol–water partition coefficient (Wildman–Crippen LogP) is 4.91. The van der Waals surface area contributed by atoms with E-state index in [2.05, 4.69) is 0 Å². The molecule has 4 aliphatic carbocycles. The number of rotatable bonds is 5. The van der Waals surface area contributed by atoms with Crippen molar-refractivity contribution in [3.8, 4) is 0 Å². The molecule has 140 valence electrons. The zero-order valence-corrected chi connectivity index (χ0v) is 16.0. The molecule has 0 aliphatic heterocycles. The molecule has 4 bridgehead atoms. The van der Waals surface area contributed by atoms with Crippen LogP contribution in [0.25, 0.3) is 0 Å². The highest BCUT2D eigenvalue weighted by molar-refractivity contribution is 6.36. The normalized spacial score (nSPS) is 31.7. The van der Waals surface area contributed by atoms with Gasteiger partial charge in [0, 0.05) is 5.02 Å². The van der Waals surface area contributed by atoms with Crippen LogP contribution in [-0.2, 0) is 14.3 Å². The van der Waals surface area contributed by atoms with Crippen LogP contribution in [0.5, 0.6) is 0 Å². The maximum Gasteiger partial charge on any atom is 0.339 e. The molecule has 6 heteroatoms. The second-order valence-corrected chi connectivity index (χ2v) is 8.94. The Labute approximate surface area is 163 Å². The summed E-state index contributed by atoms with van der Waals surface area (Å²) in [6.45, 7) is 0.105. The Morgan fingerprint density at radius 2 is 1.54 bits per heavy atom. The van der Waals surface area contributed by atoms with Gasteiger partial charge in [-0.05, 0) is 74.5 Å². The van der Waals surface area contributed by atoms with Crippen LogP contribution in [0.15, 0.2) is 18.2 Å². The number of hydrogen-bond acceptors (Lipinski definition) is 4. The lowest BCUT2D eigenvalue weighted by Gasteiger charge is -2.55. The predicted molar refractivity (Wildman–Crippen MR) is 98.3 cm³/mol. The minimum Gasteiger partial charge on any atom is -0.462 e.